The summed E-state index contributed by atoms with van der Waals surface area (Å²) in [6, 6.07) is 15.6. The van der Waals surface area contributed by atoms with Crippen molar-refractivity contribution < 1.29 is 9.53 Å². The van der Waals surface area contributed by atoms with E-state index in [1.807, 2.05) is 54.8 Å². The van der Waals surface area contributed by atoms with Gasteiger partial charge in [-0.2, -0.15) is 0 Å². The molecule has 0 spiro atoms. The van der Waals surface area contributed by atoms with E-state index in [1.165, 1.54) is 0 Å². The van der Waals surface area contributed by atoms with Crippen LogP contribution in [0.5, 0.6) is 0 Å². The molecule has 4 nitrogen and oxygen atoms in total. The van der Waals surface area contributed by atoms with Crippen molar-refractivity contribution in [2.24, 2.45) is 0 Å². The molecule has 1 heterocycles. The van der Waals surface area contributed by atoms with Gasteiger partial charge < -0.3 is 15.0 Å². The molecule has 1 aliphatic heterocycles. The molecule has 3 rings (SSSR count). The Kier molecular flexibility index (Phi) is 5.20. The van der Waals surface area contributed by atoms with Crippen molar-refractivity contribution in [1.29, 1.82) is 0 Å². The number of carbonyl (C=O) groups excluding carboxylic acids is 1. The van der Waals surface area contributed by atoms with Crippen LogP contribution in [0.3, 0.4) is 0 Å². The monoisotopic (exact) mass is 328 g/mol. The number of carbonyl (C=O) groups is 1. The number of ether oxygens (including phenoxy) is 1. The zero-order valence-electron chi connectivity index (χ0n) is 13.1. The average Bonchev–Trinajstić information content (AvgIpc) is 2.63. The van der Waals surface area contributed by atoms with Gasteiger partial charge in [0, 0.05) is 18.0 Å². The number of thioether (sulfide) groups is 1. The fraction of sp³-hybridized carbons (Fsp3) is 0.278. The van der Waals surface area contributed by atoms with Gasteiger partial charge in [-0.3, -0.25) is 4.79 Å². The van der Waals surface area contributed by atoms with Crippen molar-refractivity contribution in [3.63, 3.8) is 0 Å². The zero-order valence-corrected chi connectivity index (χ0v) is 13.9. The van der Waals surface area contributed by atoms with Crippen molar-refractivity contribution in [3.8, 4) is 0 Å². The molecule has 2 aromatic carbocycles. The normalized spacial score (nSPS) is 14.6. The van der Waals surface area contributed by atoms with Crippen LogP contribution in [0, 0.1) is 0 Å². The third-order valence-electron chi connectivity index (χ3n) is 3.86. The zero-order chi connectivity index (χ0) is 16.1. The van der Waals surface area contributed by atoms with Crippen molar-refractivity contribution in [3.05, 3.63) is 54.1 Å². The van der Waals surface area contributed by atoms with Crippen LogP contribution in [0.15, 0.2) is 53.4 Å². The van der Waals surface area contributed by atoms with Gasteiger partial charge in [0.2, 0.25) is 0 Å². The Morgan fingerprint density at radius 1 is 1.09 bits per heavy atom. The number of rotatable bonds is 4. The van der Waals surface area contributed by atoms with E-state index >= 15 is 0 Å². The van der Waals surface area contributed by atoms with Crippen LogP contribution in [-0.2, 0) is 4.74 Å². The minimum Gasteiger partial charge on any atom is -0.378 e. The molecular weight excluding hydrogens is 308 g/mol. The molecule has 2 aromatic rings. The Hall–Kier alpha value is -1.98. The summed E-state index contributed by atoms with van der Waals surface area (Å²) in [5.41, 5.74) is 2.60. The quantitative estimate of drug-likeness (QED) is 0.872. The standard InChI is InChI=1S/C18H20N2O2S/c1-23-17-9-5-2-6-14(17)18(21)19-15-7-3-4-8-16(15)20-10-12-22-13-11-20/h2-9H,10-13H2,1H3,(H,19,21). The lowest BCUT2D eigenvalue weighted by atomic mass is 10.2. The summed E-state index contributed by atoms with van der Waals surface area (Å²) in [5, 5.41) is 3.06. The summed E-state index contributed by atoms with van der Waals surface area (Å²) in [5.74, 6) is -0.0735. The van der Waals surface area contributed by atoms with E-state index in [2.05, 4.69) is 10.2 Å². The lowest BCUT2D eigenvalue weighted by Gasteiger charge is -2.30. The lowest BCUT2D eigenvalue weighted by molar-refractivity contribution is 0.102. The van der Waals surface area contributed by atoms with E-state index in [0.717, 1.165) is 42.6 Å². The first-order valence-corrected chi connectivity index (χ1v) is 8.88. The fourth-order valence-electron chi connectivity index (χ4n) is 2.68. The Bertz CT molecular complexity index is 684. The maximum Gasteiger partial charge on any atom is 0.256 e. The minimum atomic E-state index is -0.0735. The van der Waals surface area contributed by atoms with Gasteiger partial charge in [-0.15, -0.1) is 11.8 Å². The number of nitrogens with one attached hydrogen (secondary N) is 1. The van der Waals surface area contributed by atoms with Gasteiger partial charge in [0.1, 0.15) is 0 Å². The maximum atomic E-state index is 12.7. The highest BCUT2D eigenvalue weighted by Gasteiger charge is 2.17. The lowest BCUT2D eigenvalue weighted by Crippen LogP contribution is -2.36. The van der Waals surface area contributed by atoms with Crippen molar-refractivity contribution in [1.82, 2.24) is 0 Å². The molecule has 0 saturated carbocycles. The summed E-state index contributed by atoms with van der Waals surface area (Å²) in [7, 11) is 0. The Labute approximate surface area is 140 Å². The fourth-order valence-corrected chi connectivity index (χ4v) is 3.28. The summed E-state index contributed by atoms with van der Waals surface area (Å²) >= 11 is 1.58. The predicted octanol–water partition coefficient (Wildman–Crippen LogP) is 3.50. The molecule has 1 N–H and O–H groups in total. The number of hydrogen-bond donors (Lipinski definition) is 1. The van der Waals surface area contributed by atoms with Gasteiger partial charge in [0.25, 0.3) is 5.91 Å². The third kappa shape index (κ3) is 3.68. The molecule has 1 fully saturated rings. The maximum absolute atomic E-state index is 12.7. The Balaban J connectivity index is 1.84. The van der Waals surface area contributed by atoms with Gasteiger partial charge in [-0.1, -0.05) is 24.3 Å². The summed E-state index contributed by atoms with van der Waals surface area (Å²) in [4.78, 5) is 15.9. The molecule has 1 amide bonds. The molecule has 0 aromatic heterocycles. The Morgan fingerprint density at radius 2 is 1.78 bits per heavy atom. The predicted molar refractivity (Wildman–Crippen MR) is 95.7 cm³/mol. The highest BCUT2D eigenvalue weighted by atomic mass is 32.2. The molecule has 0 unspecified atom stereocenters. The largest absolute Gasteiger partial charge is 0.378 e. The molecule has 0 aliphatic carbocycles. The SMILES string of the molecule is CSc1ccccc1C(=O)Nc1ccccc1N1CCOCC1. The van der Waals surface area contributed by atoms with Crippen LogP contribution in [0.2, 0.25) is 0 Å². The summed E-state index contributed by atoms with van der Waals surface area (Å²) < 4.78 is 5.41. The molecule has 0 bridgehead atoms. The summed E-state index contributed by atoms with van der Waals surface area (Å²) in [6.07, 6.45) is 1.98. The van der Waals surface area contributed by atoms with E-state index in [-0.39, 0.29) is 5.91 Å². The second-order valence-corrected chi connectivity index (χ2v) is 6.12. The molecule has 0 radical (unpaired) electrons. The molecular formula is C18H20N2O2S. The van der Waals surface area contributed by atoms with Crippen LogP contribution in [-0.4, -0.2) is 38.5 Å². The van der Waals surface area contributed by atoms with Crippen molar-refractivity contribution in [2.45, 2.75) is 4.90 Å². The van der Waals surface area contributed by atoms with E-state index in [9.17, 15) is 4.79 Å². The molecule has 23 heavy (non-hydrogen) atoms. The minimum absolute atomic E-state index is 0.0735. The summed E-state index contributed by atoms with van der Waals surface area (Å²) in [6.45, 7) is 3.12. The topological polar surface area (TPSA) is 41.6 Å². The number of benzene rings is 2. The van der Waals surface area contributed by atoms with Gasteiger partial charge in [-0.25, -0.2) is 0 Å². The highest BCUT2D eigenvalue weighted by Crippen LogP contribution is 2.28. The Morgan fingerprint density at radius 3 is 2.57 bits per heavy atom. The van der Waals surface area contributed by atoms with Crippen LogP contribution in [0.25, 0.3) is 0 Å². The van der Waals surface area contributed by atoms with Gasteiger partial charge in [0.15, 0.2) is 0 Å². The van der Waals surface area contributed by atoms with Gasteiger partial charge in [-0.05, 0) is 30.5 Å². The van der Waals surface area contributed by atoms with E-state index in [4.69, 9.17) is 4.74 Å². The third-order valence-corrected chi connectivity index (χ3v) is 4.65. The smallest absolute Gasteiger partial charge is 0.256 e. The number of nitrogens with zero attached hydrogens (tertiary/aromatic N) is 1. The van der Waals surface area contributed by atoms with E-state index < -0.39 is 0 Å². The van der Waals surface area contributed by atoms with Crippen LogP contribution >= 0.6 is 11.8 Å². The first-order valence-electron chi connectivity index (χ1n) is 7.65. The number of para-hydroxylation sites is 2. The van der Waals surface area contributed by atoms with Crippen LogP contribution < -0.4 is 10.2 Å². The number of anilines is 2. The molecule has 0 atom stereocenters. The average molecular weight is 328 g/mol. The molecule has 5 heteroatoms. The van der Waals surface area contributed by atoms with E-state index in [0.29, 0.717) is 5.56 Å². The molecule has 120 valence electrons. The van der Waals surface area contributed by atoms with Gasteiger partial charge in [0.05, 0.1) is 30.2 Å². The van der Waals surface area contributed by atoms with Crippen LogP contribution in [0.4, 0.5) is 11.4 Å². The number of amides is 1. The second kappa shape index (κ2) is 7.53. The number of morpholine rings is 1. The van der Waals surface area contributed by atoms with Crippen molar-refractivity contribution in [2.75, 3.05) is 42.8 Å². The first kappa shape index (κ1) is 15.9. The molecule has 1 saturated heterocycles. The second-order valence-electron chi connectivity index (χ2n) is 5.27. The number of hydrogen-bond acceptors (Lipinski definition) is 4. The molecule has 1 aliphatic rings. The first-order chi connectivity index (χ1) is 11.3. The van der Waals surface area contributed by atoms with Crippen molar-refractivity contribution >= 4 is 29.0 Å². The van der Waals surface area contributed by atoms with Gasteiger partial charge >= 0.3 is 0 Å². The highest BCUT2D eigenvalue weighted by molar-refractivity contribution is 7.98. The van der Waals surface area contributed by atoms with Crippen LogP contribution in [0.1, 0.15) is 10.4 Å². The van der Waals surface area contributed by atoms with E-state index in [1.54, 1.807) is 11.8 Å².